The van der Waals surface area contributed by atoms with E-state index in [0.717, 1.165) is 17.5 Å². The summed E-state index contributed by atoms with van der Waals surface area (Å²) in [7, 11) is 0. The quantitative estimate of drug-likeness (QED) is 0.181. The van der Waals surface area contributed by atoms with Crippen molar-refractivity contribution in [2.75, 3.05) is 0 Å². The smallest absolute Gasteiger partial charge is 0.344 e. The molecule has 0 unspecified atom stereocenters. The van der Waals surface area contributed by atoms with Crippen LogP contribution >= 0.6 is 0 Å². The molecule has 0 spiro atoms. The van der Waals surface area contributed by atoms with Gasteiger partial charge in [-0.1, -0.05) is 81.1 Å². The first kappa shape index (κ1) is 20.3. The topological polar surface area (TPSA) is 30.2 Å². The third-order valence-electron chi connectivity index (χ3n) is 5.87. The number of unbranched alkanes of at least 4 members (excludes halogenated alkanes) is 4. The van der Waals surface area contributed by atoms with Gasteiger partial charge in [0.25, 0.3) is 0 Å². The van der Waals surface area contributed by atoms with Crippen LogP contribution in [0.25, 0.3) is 32.9 Å². The summed E-state index contributed by atoms with van der Waals surface area (Å²) in [5, 5.41) is 1.81. The lowest BCUT2D eigenvalue weighted by molar-refractivity contribution is 0.527. The molecule has 0 saturated heterocycles. The fraction of sp³-hybridized carbons (Fsp3) is 0.296. The summed E-state index contributed by atoms with van der Waals surface area (Å²) in [6.45, 7) is 3.90. The van der Waals surface area contributed by atoms with Crippen molar-refractivity contribution in [1.82, 2.24) is 0 Å². The van der Waals surface area contributed by atoms with Crippen LogP contribution in [-0.4, -0.2) is 0 Å². The summed E-state index contributed by atoms with van der Waals surface area (Å²) < 4.78 is 19.7. The summed E-state index contributed by atoms with van der Waals surface area (Å²) in [6, 6.07) is 17.8. The Balaban J connectivity index is 1.62. The SMILES string of the molecule is CCCCCCCc1ccc(-c2ccc3c(c2)c(=O)oc2c(F)c(C)ccc23)cc1. The molecule has 0 saturated carbocycles. The zero-order valence-corrected chi connectivity index (χ0v) is 17.6. The van der Waals surface area contributed by atoms with Crippen LogP contribution in [0, 0.1) is 12.7 Å². The second-order valence-electron chi connectivity index (χ2n) is 8.08. The minimum absolute atomic E-state index is 0.0311. The van der Waals surface area contributed by atoms with E-state index in [0.29, 0.717) is 21.7 Å². The highest BCUT2D eigenvalue weighted by atomic mass is 19.1. The largest absolute Gasteiger partial charge is 0.419 e. The van der Waals surface area contributed by atoms with Crippen LogP contribution in [0.4, 0.5) is 4.39 Å². The van der Waals surface area contributed by atoms with Crippen molar-refractivity contribution in [3.8, 4) is 11.1 Å². The number of halogens is 1. The maximum absolute atomic E-state index is 14.4. The van der Waals surface area contributed by atoms with Gasteiger partial charge in [0.15, 0.2) is 11.4 Å². The Kier molecular flexibility index (Phi) is 5.98. The Morgan fingerprint density at radius 2 is 1.50 bits per heavy atom. The maximum Gasteiger partial charge on any atom is 0.344 e. The van der Waals surface area contributed by atoms with E-state index < -0.39 is 11.4 Å². The molecule has 0 atom stereocenters. The molecule has 0 aliphatic heterocycles. The van der Waals surface area contributed by atoms with Crippen molar-refractivity contribution in [2.45, 2.75) is 52.4 Å². The Hall–Kier alpha value is -2.94. The Labute approximate surface area is 176 Å². The van der Waals surface area contributed by atoms with E-state index in [2.05, 4.69) is 31.2 Å². The predicted octanol–water partition coefficient (Wildman–Crippen LogP) is 7.57. The van der Waals surface area contributed by atoms with Crippen molar-refractivity contribution in [3.05, 3.63) is 82.0 Å². The van der Waals surface area contributed by atoms with E-state index in [1.807, 2.05) is 24.3 Å². The highest BCUT2D eigenvalue weighted by Crippen LogP contribution is 2.30. The van der Waals surface area contributed by atoms with Gasteiger partial charge in [0.05, 0.1) is 5.39 Å². The summed E-state index contributed by atoms with van der Waals surface area (Å²) in [6.07, 6.45) is 7.50. The molecule has 0 fully saturated rings. The normalized spacial score (nSPS) is 11.4. The molecule has 4 aromatic rings. The standard InChI is InChI=1S/C27H27FO2/c1-3-4-5-6-7-8-19-10-12-20(13-11-19)21-14-16-22-23-15-9-18(2)25(28)26(23)30-27(29)24(22)17-21/h9-17H,3-8H2,1-2H3. The van der Waals surface area contributed by atoms with Crippen LogP contribution in [0.3, 0.4) is 0 Å². The molecule has 4 rings (SSSR count). The van der Waals surface area contributed by atoms with Crippen LogP contribution < -0.4 is 5.63 Å². The predicted molar refractivity (Wildman–Crippen MR) is 123 cm³/mol. The molecule has 3 heteroatoms. The van der Waals surface area contributed by atoms with Gasteiger partial charge in [-0.3, -0.25) is 0 Å². The Morgan fingerprint density at radius 1 is 0.800 bits per heavy atom. The lowest BCUT2D eigenvalue weighted by Gasteiger charge is -2.08. The van der Waals surface area contributed by atoms with Gasteiger partial charge in [0.1, 0.15) is 0 Å². The average molecular weight is 403 g/mol. The molecule has 154 valence electrons. The van der Waals surface area contributed by atoms with Crippen LogP contribution in [0.15, 0.2) is 63.8 Å². The first-order valence-corrected chi connectivity index (χ1v) is 10.8. The minimum atomic E-state index is -0.507. The summed E-state index contributed by atoms with van der Waals surface area (Å²) >= 11 is 0. The number of hydrogen-bond donors (Lipinski definition) is 0. The number of rotatable bonds is 7. The Bertz CT molecular complexity index is 1240. The number of benzene rings is 3. The van der Waals surface area contributed by atoms with E-state index in [1.165, 1.54) is 37.7 Å². The van der Waals surface area contributed by atoms with Crippen LogP contribution in [0.1, 0.15) is 50.2 Å². The molecule has 2 nitrogen and oxygen atoms in total. The molecule has 1 aromatic heterocycles. The fourth-order valence-electron chi connectivity index (χ4n) is 4.04. The number of aryl methyl sites for hydroxylation is 2. The highest BCUT2D eigenvalue weighted by molar-refractivity contribution is 6.05. The third-order valence-corrected chi connectivity index (χ3v) is 5.87. The first-order chi connectivity index (χ1) is 14.6. The van der Waals surface area contributed by atoms with E-state index in [9.17, 15) is 9.18 Å². The first-order valence-electron chi connectivity index (χ1n) is 10.8. The molecule has 30 heavy (non-hydrogen) atoms. The Morgan fingerprint density at radius 3 is 2.27 bits per heavy atom. The molecule has 0 bridgehead atoms. The summed E-state index contributed by atoms with van der Waals surface area (Å²) in [5.41, 5.74) is 3.34. The van der Waals surface area contributed by atoms with Gasteiger partial charge in [-0.15, -0.1) is 0 Å². The second-order valence-corrected chi connectivity index (χ2v) is 8.08. The fourth-order valence-corrected chi connectivity index (χ4v) is 4.04. The van der Waals surface area contributed by atoms with Gasteiger partial charge in [-0.2, -0.15) is 0 Å². The summed E-state index contributed by atoms with van der Waals surface area (Å²) in [4.78, 5) is 12.6. The minimum Gasteiger partial charge on any atom is -0.419 e. The van der Waals surface area contributed by atoms with Crippen molar-refractivity contribution in [2.24, 2.45) is 0 Å². The number of fused-ring (bicyclic) bond motifs is 3. The monoisotopic (exact) mass is 402 g/mol. The van der Waals surface area contributed by atoms with Crippen molar-refractivity contribution >= 4 is 21.7 Å². The molecule has 0 aliphatic rings. The molecule has 0 N–H and O–H groups in total. The molecule has 0 aliphatic carbocycles. The van der Waals surface area contributed by atoms with Gasteiger partial charge in [-0.25, -0.2) is 9.18 Å². The van der Waals surface area contributed by atoms with E-state index in [4.69, 9.17) is 4.42 Å². The van der Waals surface area contributed by atoms with Gasteiger partial charge in [0, 0.05) is 10.8 Å². The zero-order chi connectivity index (χ0) is 21.1. The highest BCUT2D eigenvalue weighted by Gasteiger charge is 2.13. The van der Waals surface area contributed by atoms with E-state index >= 15 is 0 Å². The molecule has 0 amide bonds. The van der Waals surface area contributed by atoms with Crippen LogP contribution in [-0.2, 0) is 6.42 Å². The lowest BCUT2D eigenvalue weighted by Crippen LogP contribution is -2.01. The molecule has 0 radical (unpaired) electrons. The van der Waals surface area contributed by atoms with Crippen molar-refractivity contribution in [3.63, 3.8) is 0 Å². The van der Waals surface area contributed by atoms with Gasteiger partial charge in [-0.05, 0) is 48.1 Å². The number of hydrogen-bond acceptors (Lipinski definition) is 2. The third kappa shape index (κ3) is 4.02. The van der Waals surface area contributed by atoms with Crippen molar-refractivity contribution < 1.29 is 8.81 Å². The second kappa shape index (κ2) is 8.83. The van der Waals surface area contributed by atoms with Gasteiger partial charge >= 0.3 is 5.63 Å². The van der Waals surface area contributed by atoms with E-state index in [1.54, 1.807) is 13.0 Å². The van der Waals surface area contributed by atoms with E-state index in [-0.39, 0.29) is 5.58 Å². The van der Waals surface area contributed by atoms with Crippen LogP contribution in [0.5, 0.6) is 0 Å². The van der Waals surface area contributed by atoms with Crippen molar-refractivity contribution in [1.29, 1.82) is 0 Å². The van der Waals surface area contributed by atoms with Gasteiger partial charge in [0.2, 0.25) is 0 Å². The lowest BCUT2D eigenvalue weighted by atomic mass is 9.98. The molecular weight excluding hydrogens is 375 g/mol. The molecular formula is C27H27FO2. The van der Waals surface area contributed by atoms with Gasteiger partial charge < -0.3 is 4.42 Å². The van der Waals surface area contributed by atoms with Crippen LogP contribution in [0.2, 0.25) is 0 Å². The average Bonchev–Trinajstić information content (AvgIpc) is 2.77. The zero-order valence-electron chi connectivity index (χ0n) is 17.6. The molecule has 3 aromatic carbocycles. The maximum atomic E-state index is 14.4. The molecule has 1 heterocycles. The summed E-state index contributed by atoms with van der Waals surface area (Å²) in [5.74, 6) is -0.471.